The normalized spacial score (nSPS) is 11.6. The Kier molecular flexibility index (Phi) is 11.1. The zero-order valence-electron chi connectivity index (χ0n) is 32.5. The molecule has 0 spiro atoms. The van der Waals surface area contributed by atoms with Crippen molar-refractivity contribution >= 4 is 21.8 Å². The third kappa shape index (κ3) is 7.14. The van der Waals surface area contributed by atoms with E-state index in [0.717, 1.165) is 85.4 Å². The highest BCUT2D eigenvalue weighted by Gasteiger charge is 2.24. The lowest BCUT2D eigenvalue weighted by Gasteiger charge is -2.27. The fraction of sp³-hybridized carbons (Fsp3) is 0.333. The summed E-state index contributed by atoms with van der Waals surface area (Å²) in [6.07, 6.45) is 17.6. The molecule has 0 atom stereocenters. The summed E-state index contributed by atoms with van der Waals surface area (Å²) in [5.74, 6) is 2.45. The molecule has 0 radical (unpaired) electrons. The summed E-state index contributed by atoms with van der Waals surface area (Å²) in [5, 5.41) is 7.36. The minimum Gasteiger partial charge on any atom is -0.457 e. The molecule has 0 saturated heterocycles. The highest BCUT2D eigenvalue weighted by molar-refractivity contribution is 6.09. The largest absolute Gasteiger partial charge is 0.457 e. The number of rotatable bonds is 15. The summed E-state index contributed by atoms with van der Waals surface area (Å²) in [4.78, 5) is 4.75. The van der Waals surface area contributed by atoms with E-state index in [4.69, 9.17) is 14.8 Å². The molecule has 3 aromatic heterocycles. The Morgan fingerprint density at radius 2 is 1.21 bits per heavy atom. The minimum absolute atomic E-state index is 0.771. The average molecular weight is 703 g/mol. The van der Waals surface area contributed by atoms with Gasteiger partial charge in [0.25, 0.3) is 0 Å². The van der Waals surface area contributed by atoms with E-state index >= 15 is 0 Å². The van der Waals surface area contributed by atoms with Crippen LogP contribution in [-0.4, -0.2) is 19.3 Å². The lowest BCUT2D eigenvalue weighted by Crippen LogP contribution is -2.12. The molecule has 0 amide bonds. The van der Waals surface area contributed by atoms with Crippen molar-refractivity contribution in [3.63, 3.8) is 0 Å². The van der Waals surface area contributed by atoms with Gasteiger partial charge < -0.3 is 4.74 Å². The Hall–Kier alpha value is -5.16. The molecule has 4 aromatic carbocycles. The molecule has 5 nitrogen and oxygen atoms in total. The molecule has 0 saturated carbocycles. The molecule has 272 valence electrons. The van der Waals surface area contributed by atoms with Crippen LogP contribution in [0.3, 0.4) is 0 Å². The van der Waals surface area contributed by atoms with E-state index in [-0.39, 0.29) is 0 Å². The average Bonchev–Trinajstić information content (AvgIpc) is 3.78. The lowest BCUT2D eigenvalue weighted by atomic mass is 9.78. The first-order valence-electron chi connectivity index (χ1n) is 20.0. The van der Waals surface area contributed by atoms with Crippen molar-refractivity contribution in [3.8, 4) is 34.1 Å². The van der Waals surface area contributed by atoms with Gasteiger partial charge in [0.1, 0.15) is 17.3 Å². The second kappa shape index (κ2) is 16.2. The van der Waals surface area contributed by atoms with Gasteiger partial charge in [0, 0.05) is 40.9 Å². The summed E-state index contributed by atoms with van der Waals surface area (Å²) < 4.78 is 10.9. The molecule has 0 aliphatic carbocycles. The summed E-state index contributed by atoms with van der Waals surface area (Å²) in [6, 6.07) is 27.3. The molecule has 3 heterocycles. The number of nitrogens with zero attached hydrogens (tertiary/aromatic N) is 4. The van der Waals surface area contributed by atoms with Gasteiger partial charge in [-0.2, -0.15) is 5.10 Å². The maximum absolute atomic E-state index is 6.60. The van der Waals surface area contributed by atoms with Crippen LogP contribution in [0.5, 0.6) is 11.5 Å². The van der Waals surface area contributed by atoms with Gasteiger partial charge in [0.2, 0.25) is 0 Å². The third-order valence-corrected chi connectivity index (χ3v) is 10.5. The van der Waals surface area contributed by atoms with Crippen LogP contribution in [0.2, 0.25) is 0 Å². The van der Waals surface area contributed by atoms with Crippen LogP contribution in [-0.2, 0) is 32.1 Å². The van der Waals surface area contributed by atoms with Gasteiger partial charge in [-0.05, 0) is 120 Å². The number of hydrogen-bond donors (Lipinski definition) is 0. The Labute approximate surface area is 315 Å². The number of aromatic nitrogens is 4. The molecule has 7 rings (SSSR count). The molecule has 0 fully saturated rings. The van der Waals surface area contributed by atoms with E-state index in [1.54, 1.807) is 27.8 Å². The van der Waals surface area contributed by atoms with Crippen LogP contribution < -0.4 is 4.74 Å². The van der Waals surface area contributed by atoms with Crippen LogP contribution in [0.15, 0.2) is 97.5 Å². The number of hydrogen-bond acceptors (Lipinski definition) is 3. The minimum atomic E-state index is 0.771. The SMILES string of the molecule is CCCc1c(CCC)c(CCC)c(-c2cnn(-c3cccc(Oc4ccc5c6ccccc6n(-c6cc(C)ccn6)c5c4)c3)c2)c(CCC)c1CCC. The first-order valence-corrected chi connectivity index (χ1v) is 20.0. The summed E-state index contributed by atoms with van der Waals surface area (Å²) >= 11 is 0. The van der Waals surface area contributed by atoms with Crippen LogP contribution >= 0.6 is 0 Å². The van der Waals surface area contributed by atoms with Crippen molar-refractivity contribution in [1.82, 2.24) is 19.3 Å². The maximum Gasteiger partial charge on any atom is 0.137 e. The topological polar surface area (TPSA) is 44.9 Å². The highest BCUT2D eigenvalue weighted by atomic mass is 16.5. The molecule has 0 unspecified atom stereocenters. The number of para-hydroxylation sites is 1. The smallest absolute Gasteiger partial charge is 0.137 e. The highest BCUT2D eigenvalue weighted by Crippen LogP contribution is 2.40. The monoisotopic (exact) mass is 702 g/mol. The lowest BCUT2D eigenvalue weighted by molar-refractivity contribution is 0.483. The third-order valence-electron chi connectivity index (χ3n) is 10.5. The molecule has 53 heavy (non-hydrogen) atoms. The van der Waals surface area contributed by atoms with E-state index in [2.05, 4.69) is 125 Å². The first-order chi connectivity index (χ1) is 26.0. The number of aryl methyl sites for hydroxylation is 1. The van der Waals surface area contributed by atoms with Crippen molar-refractivity contribution < 1.29 is 4.74 Å². The first kappa shape index (κ1) is 36.2. The number of ether oxygens (including phenoxy) is 1. The molecule has 5 heteroatoms. The zero-order valence-corrected chi connectivity index (χ0v) is 32.5. The van der Waals surface area contributed by atoms with E-state index in [9.17, 15) is 0 Å². The maximum atomic E-state index is 6.60. The molecular weight excluding hydrogens is 649 g/mol. The fourth-order valence-corrected chi connectivity index (χ4v) is 8.41. The predicted molar refractivity (Wildman–Crippen MR) is 222 cm³/mol. The number of fused-ring (bicyclic) bond motifs is 3. The Morgan fingerprint density at radius 1 is 0.585 bits per heavy atom. The van der Waals surface area contributed by atoms with Crippen LogP contribution in [0.4, 0.5) is 0 Å². The summed E-state index contributed by atoms with van der Waals surface area (Å²) in [5.41, 5.74) is 15.0. The van der Waals surface area contributed by atoms with Crippen molar-refractivity contribution in [2.45, 2.75) is 106 Å². The molecule has 0 bridgehead atoms. The van der Waals surface area contributed by atoms with Gasteiger partial charge in [0.15, 0.2) is 0 Å². The van der Waals surface area contributed by atoms with Crippen molar-refractivity contribution in [1.29, 1.82) is 0 Å². The van der Waals surface area contributed by atoms with E-state index < -0.39 is 0 Å². The van der Waals surface area contributed by atoms with E-state index in [1.165, 1.54) is 40.3 Å². The van der Waals surface area contributed by atoms with E-state index in [1.807, 2.05) is 23.0 Å². The Balaban J connectivity index is 1.28. The van der Waals surface area contributed by atoms with Crippen LogP contribution in [0.1, 0.15) is 100 Å². The second-order valence-corrected chi connectivity index (χ2v) is 14.5. The zero-order chi connectivity index (χ0) is 36.9. The molecule has 7 aromatic rings. The molecule has 0 aliphatic rings. The van der Waals surface area contributed by atoms with Gasteiger partial charge in [0.05, 0.1) is 22.9 Å². The standard InChI is InChI=1S/C48H54N4O/c1-7-15-38-39(16-8-2)43(18-10-4)48(44(19-11-5)40(38)17-9-3)34-31-50-51(32-34)35-20-14-21-36(29-35)53-37-24-25-42-41-22-12-13-23-45(41)52(46(42)30-37)47-28-33(6)26-27-49-47/h12-14,20-32H,7-11,15-19H2,1-6H3. The molecular formula is C48H54N4O. The van der Waals surface area contributed by atoms with Crippen molar-refractivity contribution in [2.75, 3.05) is 0 Å². The quantitative estimate of drug-likeness (QED) is 0.107. The Bertz CT molecular complexity index is 2320. The predicted octanol–water partition coefficient (Wildman–Crippen LogP) is 12.9. The van der Waals surface area contributed by atoms with Gasteiger partial charge in [-0.15, -0.1) is 0 Å². The summed E-state index contributed by atoms with van der Waals surface area (Å²) in [6.45, 7) is 13.7. The van der Waals surface area contributed by atoms with Crippen LogP contribution in [0, 0.1) is 6.92 Å². The Morgan fingerprint density at radius 3 is 1.89 bits per heavy atom. The summed E-state index contributed by atoms with van der Waals surface area (Å²) in [7, 11) is 0. The van der Waals surface area contributed by atoms with Gasteiger partial charge >= 0.3 is 0 Å². The van der Waals surface area contributed by atoms with Gasteiger partial charge in [-0.25, -0.2) is 9.67 Å². The van der Waals surface area contributed by atoms with E-state index in [0.29, 0.717) is 0 Å². The van der Waals surface area contributed by atoms with Crippen molar-refractivity contribution in [3.05, 3.63) is 131 Å². The second-order valence-electron chi connectivity index (χ2n) is 14.5. The molecule has 0 N–H and O–H groups in total. The molecule has 0 aliphatic heterocycles. The fourth-order valence-electron chi connectivity index (χ4n) is 8.41. The van der Waals surface area contributed by atoms with Gasteiger partial charge in [-0.3, -0.25) is 4.57 Å². The van der Waals surface area contributed by atoms with Crippen molar-refractivity contribution in [2.24, 2.45) is 0 Å². The van der Waals surface area contributed by atoms with Crippen LogP contribution in [0.25, 0.3) is 44.4 Å². The van der Waals surface area contributed by atoms with Gasteiger partial charge in [-0.1, -0.05) is 91.0 Å². The number of pyridine rings is 1. The number of benzene rings is 4.